The molecule has 0 aliphatic heterocycles. The Kier molecular flexibility index (Phi) is 27.7. The minimum atomic E-state index is -4.00. The Morgan fingerprint density at radius 3 is 1.02 bits per heavy atom. The number of halogens is 7. The summed E-state index contributed by atoms with van der Waals surface area (Å²) in [5, 5.41) is 21.8. The van der Waals surface area contributed by atoms with Crippen molar-refractivity contribution < 1.29 is 71.1 Å². The van der Waals surface area contributed by atoms with Gasteiger partial charge in [-0.05, 0) is 181 Å². The van der Waals surface area contributed by atoms with Gasteiger partial charge in [0.1, 0.15) is 29.2 Å². The van der Waals surface area contributed by atoms with Crippen molar-refractivity contribution in [1.82, 2.24) is 24.8 Å². The minimum absolute atomic E-state index is 0.0256. The molecule has 0 fully saturated rings. The van der Waals surface area contributed by atoms with Gasteiger partial charge in [-0.2, -0.15) is 5.26 Å². The molecule has 6 aromatic heterocycles. The zero-order valence-electron chi connectivity index (χ0n) is 61.6. The third kappa shape index (κ3) is 18.3. The van der Waals surface area contributed by atoms with E-state index in [1.54, 1.807) is 200 Å². The van der Waals surface area contributed by atoms with Crippen molar-refractivity contribution in [3.05, 3.63) is 359 Å². The van der Waals surface area contributed by atoms with Crippen molar-refractivity contribution in [1.29, 1.82) is 5.26 Å². The Hall–Kier alpha value is -10.7. The monoisotopic (exact) mass is 2100 g/mol. The summed E-state index contributed by atoms with van der Waals surface area (Å²) < 4.78 is 143. The number of H-pyrrole nitrogens is 1. The third-order valence-corrected chi connectivity index (χ3v) is 31.0. The Balaban J connectivity index is 0.000000134. The number of carboxylic acids is 1. The predicted octanol–water partition coefficient (Wildman–Crippen LogP) is 21.1. The molecule has 0 aliphatic carbocycles. The molecule has 0 saturated heterocycles. The molecule has 0 unspecified atom stereocenters. The van der Waals surface area contributed by atoms with Crippen molar-refractivity contribution in [2.75, 3.05) is 7.11 Å². The van der Waals surface area contributed by atoms with Gasteiger partial charge in [0.15, 0.2) is 5.78 Å². The van der Waals surface area contributed by atoms with E-state index in [1.165, 1.54) is 94.8 Å². The molecule has 11 aromatic carbocycles. The van der Waals surface area contributed by atoms with Crippen LogP contribution in [0.5, 0.6) is 0 Å². The van der Waals surface area contributed by atoms with Crippen molar-refractivity contribution in [3.63, 3.8) is 0 Å². The van der Waals surface area contributed by atoms with E-state index in [4.69, 9.17) is 21.6 Å². The molecule has 0 spiro atoms. The number of nitrogens with one attached hydrogen (secondary N) is 1. The van der Waals surface area contributed by atoms with Crippen LogP contribution in [0.2, 0.25) is 0 Å². The number of ketones is 1. The number of carbonyl (C=O) groups is 4. The molecule has 17 aromatic rings. The van der Waals surface area contributed by atoms with E-state index in [9.17, 15) is 66.4 Å². The van der Waals surface area contributed by atoms with Crippen LogP contribution in [0.3, 0.4) is 0 Å². The maximum Gasteiger partial charge on any atom is 0.355 e. The summed E-state index contributed by atoms with van der Waals surface area (Å²) in [5.74, 6) is -2.56. The van der Waals surface area contributed by atoms with E-state index in [0.717, 1.165) is 30.2 Å². The normalized spacial score (nSPS) is 11.5. The van der Waals surface area contributed by atoms with Gasteiger partial charge in [-0.3, -0.25) is 9.59 Å². The first-order valence-corrected chi connectivity index (χ1v) is 47.2. The van der Waals surface area contributed by atoms with Crippen LogP contribution in [0, 0.1) is 11.3 Å². The van der Waals surface area contributed by atoms with E-state index in [1.807, 2.05) is 30.5 Å². The minimum Gasteiger partial charge on any atom is -0.477 e. The molecule has 608 valence electrons. The molecule has 0 amide bonds. The van der Waals surface area contributed by atoms with Crippen LogP contribution in [0.15, 0.2) is 361 Å². The van der Waals surface area contributed by atoms with Gasteiger partial charge in [-0.25, -0.2) is 71.5 Å². The van der Waals surface area contributed by atoms with Gasteiger partial charge in [0, 0.05) is 77.1 Å². The number of hydrogen-bond donors (Lipinski definition) is 2. The highest BCUT2D eigenvalue weighted by Crippen LogP contribution is 2.37. The van der Waals surface area contributed by atoms with E-state index >= 15 is 0 Å². The lowest BCUT2D eigenvalue weighted by atomic mass is 10.2. The number of aromatic carboxylic acids is 1. The van der Waals surface area contributed by atoms with Gasteiger partial charge < -0.3 is 14.8 Å². The van der Waals surface area contributed by atoms with Gasteiger partial charge >= 0.3 is 11.9 Å². The number of fused-ring (bicyclic) bond motifs is 6. The molecule has 0 aliphatic rings. The molecular weight excluding hydrogens is 2050 g/mol. The van der Waals surface area contributed by atoms with Gasteiger partial charge in [0.25, 0.3) is 55.4 Å². The fourth-order valence-electron chi connectivity index (χ4n) is 12.5. The molecule has 0 saturated carbocycles. The fourth-order valence-corrected chi connectivity index (χ4v) is 23.0. The average Bonchev–Trinajstić information content (AvgIpc) is 1.60. The number of Topliss-reactive ketones (excluding diaryl/α,β-unsaturated/α-hetero) is 1. The summed E-state index contributed by atoms with van der Waals surface area (Å²) in [6.45, 7) is 0. The Labute approximate surface area is 742 Å². The molecule has 0 atom stereocenters. The van der Waals surface area contributed by atoms with E-state index in [0.29, 0.717) is 67.0 Å². The number of benzene rings is 11. The highest BCUT2D eigenvalue weighted by molar-refractivity contribution is 9.11. The molecule has 2 N–H and O–H groups in total. The number of aromatic nitrogens is 6. The summed E-state index contributed by atoms with van der Waals surface area (Å²) in [5.41, 5.74) is 2.88. The second kappa shape index (κ2) is 37.6. The molecule has 6 heterocycles. The maximum absolute atomic E-state index is 13.1. The van der Waals surface area contributed by atoms with Crippen LogP contribution < -0.4 is 0 Å². The smallest absolute Gasteiger partial charge is 0.355 e. The quantitative estimate of drug-likeness (QED) is 0.0547. The lowest BCUT2D eigenvalue weighted by molar-refractivity contribution is 0.0592. The largest absolute Gasteiger partial charge is 0.477 e. The second-order valence-corrected chi connectivity index (χ2v) is 39.7. The lowest BCUT2D eigenvalue weighted by Gasteiger charge is -2.11. The number of ether oxygens (including phenoxy) is 1. The van der Waals surface area contributed by atoms with Crippen molar-refractivity contribution in [2.24, 2.45) is 0 Å². The maximum atomic E-state index is 13.1. The second-order valence-electron chi connectivity index (χ2n) is 25.2. The first-order chi connectivity index (χ1) is 57.3. The predicted molar refractivity (Wildman–Crippen MR) is 482 cm³/mol. The van der Waals surface area contributed by atoms with Crippen LogP contribution in [-0.4, -0.2) is 102 Å². The van der Waals surface area contributed by atoms with Gasteiger partial charge in [0.05, 0.1) is 65.2 Å². The lowest BCUT2D eigenvalue weighted by Crippen LogP contribution is -2.19. The molecule has 17 rings (SSSR count). The number of esters is 1. The summed E-state index contributed by atoms with van der Waals surface area (Å²) in [6, 6.07) is 83.3. The molecule has 35 heteroatoms. The van der Waals surface area contributed by atoms with Crippen LogP contribution in [-0.2, 0) is 54.9 Å². The van der Waals surface area contributed by atoms with Gasteiger partial charge in [0.2, 0.25) is 0 Å². The highest BCUT2D eigenvalue weighted by Gasteiger charge is 2.32. The number of carboxylic acid groups (broad SMARTS) is 1. The van der Waals surface area contributed by atoms with Gasteiger partial charge in [-0.1, -0.05) is 223 Å². The third-order valence-electron chi connectivity index (χ3n) is 17.9. The van der Waals surface area contributed by atoms with Crippen LogP contribution in [0.25, 0.3) is 65.4 Å². The first kappa shape index (κ1) is 88.6. The zero-order valence-corrected chi connectivity index (χ0v) is 75.9. The zero-order chi connectivity index (χ0) is 86.2. The first-order valence-electron chi connectivity index (χ1n) is 34.9. The number of carbonyl (C=O) groups excluding carboxylic acids is 3. The fraction of sp³-hybridized carbons (Fsp3) is 0.0235. The molecule has 0 bridgehead atoms. The topological polar surface area (TPSA) is 333 Å². The van der Waals surface area contributed by atoms with E-state index in [2.05, 4.69) is 113 Å². The van der Waals surface area contributed by atoms with Crippen molar-refractivity contribution in [3.8, 4) is 6.07 Å². The Morgan fingerprint density at radius 2 is 0.667 bits per heavy atom. The SMILES string of the molecule is Brc1cccc2[nH]ccc12.COC(=O)c1cc2c(Br)cccc2n1S(=O)(=O)c1ccccc1.N#CCC(=O)c1cc2c(Br)cccc2n1S(=O)(=O)c1ccccc1.O=C(Cl)c1cc2c(Br)cccc2n1S(=O)(=O)c1ccccc1.O=C(O)c1cc2c(Br)cccc2n1S(=O)(=O)c1ccccc1.O=S(=O)(c1ccccc1)n1ccc2c(Br)cccc21. The van der Waals surface area contributed by atoms with Crippen LogP contribution >= 0.6 is 107 Å². The molecule has 120 heavy (non-hydrogen) atoms. The number of nitrogens with zero attached hydrogens (tertiary/aromatic N) is 6. The van der Waals surface area contributed by atoms with Gasteiger partial charge in [-0.15, -0.1) is 0 Å². The van der Waals surface area contributed by atoms with E-state index < -0.39 is 79.5 Å². The standard InChI is InChI=1S/C17H11BrN2O3S.C16H12BrNO4S.C15H9BrClNO3S.C15H10BrNO4S.C14H10BrNO2S.C8H6BrN/c18-14-7-4-8-15-13(14)11-16(17(21)9-10-19)20(15)24(22,23)12-5-2-1-3-6-12;1-22-16(19)15-10-12-13(17)8-5-9-14(12)18(15)23(20,21)11-6-3-2-4-7-11;16-12-7-4-8-13-11(12)9-14(15(17)19)18(13)22(20,21)10-5-2-1-3-6-10;16-12-7-4-8-13-11(12)9-14(15(18)19)17(13)22(20,21)10-5-2-1-3-6-10;15-13-7-4-8-14-12(13)9-10-16(14)19(17,18)11-5-2-1-3-6-11;9-7-2-1-3-8-6(7)4-5-10-8/h1-8,11H,9H2;2-10H,1H3;1-9H;1-9H,(H,18,19);1-10H;1-5,10H. The molecule has 0 radical (unpaired) electrons. The number of nitriles is 1. The van der Waals surface area contributed by atoms with Crippen LogP contribution in [0.4, 0.5) is 0 Å². The Morgan fingerprint density at radius 1 is 0.367 bits per heavy atom. The molecule has 23 nitrogen and oxygen atoms in total. The average molecular weight is 2110 g/mol. The van der Waals surface area contributed by atoms with Crippen molar-refractivity contribution >= 4 is 246 Å². The number of rotatable bonds is 15. The number of hydrogen-bond acceptors (Lipinski definition) is 16. The Bertz CT molecular complexity index is 7320. The van der Waals surface area contributed by atoms with Crippen LogP contribution in [0.1, 0.15) is 48.4 Å². The summed E-state index contributed by atoms with van der Waals surface area (Å²) >= 11 is 25.9. The summed E-state index contributed by atoms with van der Waals surface area (Å²) in [4.78, 5) is 51.3. The summed E-state index contributed by atoms with van der Waals surface area (Å²) in [6.07, 6.45) is 3.13. The number of aromatic amines is 1. The number of methoxy groups -OCH3 is 1. The highest BCUT2D eigenvalue weighted by atomic mass is 79.9. The van der Waals surface area contributed by atoms with Crippen molar-refractivity contribution in [2.45, 2.75) is 30.9 Å². The van der Waals surface area contributed by atoms with E-state index in [-0.39, 0.29) is 47.3 Å². The summed E-state index contributed by atoms with van der Waals surface area (Å²) in [7, 11) is -18.1. The molecular formula is C85H58Br6ClN7O16S5.